The molecular weight excluding hydrogens is 502 g/mol. The van der Waals surface area contributed by atoms with Crippen LogP contribution in [-0.4, -0.2) is 69.2 Å². The van der Waals surface area contributed by atoms with Gasteiger partial charge in [0.05, 0.1) is 24.0 Å². The third-order valence-corrected chi connectivity index (χ3v) is 7.52. The molecule has 1 unspecified atom stereocenters. The van der Waals surface area contributed by atoms with Crippen molar-refractivity contribution in [3.8, 4) is 0 Å². The molecule has 0 aromatic carbocycles. The first-order valence-electron chi connectivity index (χ1n) is 11.6. The molecule has 2 aliphatic rings. The number of methoxy groups -OCH3 is 1. The van der Waals surface area contributed by atoms with Crippen molar-refractivity contribution in [3.63, 3.8) is 0 Å². The van der Waals surface area contributed by atoms with Crippen LogP contribution in [0.15, 0.2) is 28.0 Å². The number of ether oxygens (including phenoxy) is 1. The number of unbranched alkanes of at least 4 members (excludes halogenated alkanes) is 1. The van der Waals surface area contributed by atoms with E-state index in [0.29, 0.717) is 34.5 Å². The summed E-state index contributed by atoms with van der Waals surface area (Å²) in [6.07, 6.45) is 4.62. The number of hydrogen-bond donors (Lipinski definition) is 1. The summed E-state index contributed by atoms with van der Waals surface area (Å²) in [6, 6.07) is 2.66. The summed E-state index contributed by atoms with van der Waals surface area (Å²) >= 11 is 6.55. The molecule has 36 heavy (non-hydrogen) atoms. The van der Waals surface area contributed by atoms with Crippen molar-refractivity contribution >= 4 is 63.6 Å². The molecule has 0 radical (unpaired) electrons. The predicted molar refractivity (Wildman–Crippen MR) is 142 cm³/mol. The highest BCUT2D eigenvalue weighted by molar-refractivity contribution is 8.26. The first-order valence-corrected chi connectivity index (χ1v) is 12.9. The predicted octanol–water partition coefficient (Wildman–Crippen LogP) is 1.87. The maximum absolute atomic E-state index is 13.7. The Bertz CT molecular complexity index is 1340. The Morgan fingerprint density at radius 1 is 1.36 bits per heavy atom. The number of nitrogens with one attached hydrogen (secondary N) is 1. The van der Waals surface area contributed by atoms with Gasteiger partial charge in [0.15, 0.2) is 0 Å². The number of pyridine rings is 1. The van der Waals surface area contributed by atoms with Crippen molar-refractivity contribution < 1.29 is 19.1 Å². The lowest BCUT2D eigenvalue weighted by Gasteiger charge is -2.36. The Morgan fingerprint density at radius 2 is 2.14 bits per heavy atom. The van der Waals surface area contributed by atoms with Gasteiger partial charge in [-0.15, -0.1) is 0 Å². The van der Waals surface area contributed by atoms with Crippen molar-refractivity contribution in [1.82, 2.24) is 19.6 Å². The molecular formula is C24H27N5O5S2. The summed E-state index contributed by atoms with van der Waals surface area (Å²) in [5, 5.41) is 2.76. The number of thiocarbonyl (C=S) groups is 1. The molecule has 2 fully saturated rings. The Morgan fingerprint density at radius 3 is 2.86 bits per heavy atom. The number of esters is 1. The minimum absolute atomic E-state index is 0.152. The van der Waals surface area contributed by atoms with E-state index in [2.05, 4.69) is 5.32 Å². The molecule has 2 aromatic heterocycles. The average Bonchev–Trinajstić information content (AvgIpc) is 3.13. The molecule has 10 nitrogen and oxygen atoms in total. The van der Waals surface area contributed by atoms with E-state index in [-0.39, 0.29) is 35.2 Å². The molecule has 1 atom stereocenters. The number of hydrogen-bond acceptors (Lipinski definition) is 9. The molecule has 0 bridgehead atoms. The van der Waals surface area contributed by atoms with Gasteiger partial charge in [-0.2, -0.15) is 0 Å². The normalized spacial score (nSPS) is 19.4. The Kier molecular flexibility index (Phi) is 7.74. The van der Waals surface area contributed by atoms with Crippen LogP contribution in [0.5, 0.6) is 0 Å². The Labute approximate surface area is 217 Å². The van der Waals surface area contributed by atoms with Crippen LogP contribution in [0, 0.1) is 6.92 Å². The Balaban J connectivity index is 1.89. The van der Waals surface area contributed by atoms with E-state index in [0.717, 1.165) is 30.2 Å². The smallest absolute Gasteiger partial charge is 0.308 e. The van der Waals surface area contributed by atoms with E-state index in [1.54, 1.807) is 22.1 Å². The molecule has 2 aromatic rings. The molecule has 2 amide bonds. The minimum Gasteiger partial charge on any atom is -0.469 e. The number of aryl methyl sites for hydroxylation is 1. The fraction of sp³-hybridized carbons (Fsp3) is 0.417. The highest BCUT2D eigenvalue weighted by Crippen LogP contribution is 2.34. The summed E-state index contributed by atoms with van der Waals surface area (Å²) < 4.78 is 6.65. The number of amides is 2. The van der Waals surface area contributed by atoms with E-state index >= 15 is 0 Å². The first-order chi connectivity index (χ1) is 17.3. The maximum Gasteiger partial charge on any atom is 0.308 e. The van der Waals surface area contributed by atoms with Crippen LogP contribution in [0.3, 0.4) is 0 Å². The number of carbonyl (C=O) groups is 3. The van der Waals surface area contributed by atoms with E-state index in [9.17, 15) is 19.2 Å². The van der Waals surface area contributed by atoms with Crippen molar-refractivity contribution in [3.05, 3.63) is 44.7 Å². The van der Waals surface area contributed by atoms with Crippen LogP contribution >= 0.6 is 24.0 Å². The molecule has 0 aliphatic carbocycles. The van der Waals surface area contributed by atoms with Crippen LogP contribution in [-0.2, 0) is 19.1 Å². The summed E-state index contributed by atoms with van der Waals surface area (Å²) in [4.78, 5) is 60.0. The third-order valence-electron chi connectivity index (χ3n) is 6.14. The average molecular weight is 530 g/mol. The highest BCUT2D eigenvalue weighted by Gasteiger charge is 2.36. The number of thioether (sulfide) groups is 1. The zero-order valence-electron chi connectivity index (χ0n) is 20.3. The number of anilines is 1. The second-order valence-corrected chi connectivity index (χ2v) is 10.2. The van der Waals surface area contributed by atoms with Gasteiger partial charge in [-0.05, 0) is 31.1 Å². The molecule has 0 spiro atoms. The molecule has 2 aliphatic heterocycles. The second-order valence-electron chi connectivity index (χ2n) is 8.51. The SMILES string of the molecule is CCCCN1C(=O)/C(=C/c2c(N3CCNC(=O)C3CC(=O)OC)nc3c(C)cccn3c2=O)SC1=S. The number of rotatable bonds is 7. The standard InChI is InChI=1S/C24H27N5O5S2/c1-4-5-9-29-23(33)17(36-24(29)35)12-15-20(26-19-14(2)7-6-10-28(19)22(15)32)27-11-8-25-21(31)16(27)13-18(30)34-3/h6-7,10,12,16H,4-5,8-9,11,13H2,1-3H3,(H,25,31)/b17-12-. The van der Waals surface area contributed by atoms with Gasteiger partial charge >= 0.3 is 5.97 Å². The molecule has 4 heterocycles. The molecule has 190 valence electrons. The lowest BCUT2D eigenvalue weighted by molar-refractivity contribution is -0.143. The van der Waals surface area contributed by atoms with Gasteiger partial charge in [0.1, 0.15) is 21.8 Å². The van der Waals surface area contributed by atoms with Crippen molar-refractivity contribution in [2.45, 2.75) is 39.2 Å². The van der Waals surface area contributed by atoms with Gasteiger partial charge in [-0.3, -0.25) is 28.5 Å². The van der Waals surface area contributed by atoms with Crippen LogP contribution < -0.4 is 15.8 Å². The number of fused-ring (bicyclic) bond motifs is 1. The van der Waals surface area contributed by atoms with Crippen LogP contribution in [0.4, 0.5) is 5.82 Å². The molecule has 0 saturated carbocycles. The van der Waals surface area contributed by atoms with Crippen molar-refractivity contribution in [2.75, 3.05) is 31.6 Å². The number of carbonyl (C=O) groups excluding carboxylic acids is 3. The fourth-order valence-corrected chi connectivity index (χ4v) is 5.49. The Hall–Kier alpha value is -3.25. The van der Waals surface area contributed by atoms with E-state index in [1.165, 1.54) is 17.6 Å². The van der Waals surface area contributed by atoms with Crippen LogP contribution in [0.1, 0.15) is 37.3 Å². The van der Waals surface area contributed by atoms with Gasteiger partial charge in [0.2, 0.25) is 5.91 Å². The zero-order chi connectivity index (χ0) is 26.0. The summed E-state index contributed by atoms with van der Waals surface area (Å²) in [5.74, 6) is -0.957. The zero-order valence-corrected chi connectivity index (χ0v) is 21.9. The van der Waals surface area contributed by atoms with Crippen LogP contribution in [0.25, 0.3) is 11.7 Å². The molecule has 1 N–H and O–H groups in total. The molecule has 4 rings (SSSR count). The monoisotopic (exact) mass is 529 g/mol. The summed E-state index contributed by atoms with van der Waals surface area (Å²) in [5.41, 5.74) is 0.950. The van der Waals surface area contributed by atoms with E-state index in [1.807, 2.05) is 19.9 Å². The summed E-state index contributed by atoms with van der Waals surface area (Å²) in [7, 11) is 1.25. The van der Waals surface area contributed by atoms with Gasteiger partial charge in [-0.1, -0.05) is 43.4 Å². The van der Waals surface area contributed by atoms with E-state index < -0.39 is 12.0 Å². The highest BCUT2D eigenvalue weighted by atomic mass is 32.2. The number of nitrogens with zero attached hydrogens (tertiary/aromatic N) is 4. The largest absolute Gasteiger partial charge is 0.469 e. The maximum atomic E-state index is 13.7. The number of aromatic nitrogens is 2. The quantitative estimate of drug-likeness (QED) is 0.326. The van der Waals surface area contributed by atoms with Gasteiger partial charge in [-0.25, -0.2) is 4.98 Å². The van der Waals surface area contributed by atoms with Gasteiger partial charge in [0, 0.05) is 25.8 Å². The van der Waals surface area contributed by atoms with Crippen molar-refractivity contribution in [1.29, 1.82) is 0 Å². The minimum atomic E-state index is -0.921. The second kappa shape index (κ2) is 10.8. The van der Waals surface area contributed by atoms with Crippen molar-refractivity contribution in [2.24, 2.45) is 0 Å². The third kappa shape index (κ3) is 4.87. The lowest BCUT2D eigenvalue weighted by atomic mass is 10.1. The topological polar surface area (TPSA) is 113 Å². The molecule has 2 saturated heterocycles. The van der Waals surface area contributed by atoms with Gasteiger partial charge < -0.3 is 15.0 Å². The van der Waals surface area contributed by atoms with E-state index in [4.69, 9.17) is 21.9 Å². The lowest BCUT2D eigenvalue weighted by Crippen LogP contribution is -2.57. The molecule has 12 heteroatoms. The van der Waals surface area contributed by atoms with Crippen LogP contribution in [0.2, 0.25) is 0 Å². The number of piperazine rings is 1. The fourth-order valence-electron chi connectivity index (χ4n) is 4.20. The van der Waals surface area contributed by atoms with Gasteiger partial charge in [0.25, 0.3) is 11.5 Å². The first kappa shape index (κ1) is 25.8. The summed E-state index contributed by atoms with van der Waals surface area (Å²) in [6.45, 7) is 5.00.